The standard InChI is InChI=1S/C21H29N3OS2/c1-23-19-8-4-3-7-18(19)22-21(23)16-10-13-24(14-11-16)20(25)9-5-2-6-17-12-15-26-27-17/h3-4,7-8,16-17H,2,5-6,9-15H2,1H3/t17-/m1/s1. The first-order chi connectivity index (χ1) is 13.2. The fraction of sp³-hybridized carbons (Fsp3) is 0.619. The largest absolute Gasteiger partial charge is 0.343 e. The number of aryl methyl sites for hydroxylation is 1. The number of unbranched alkanes of at least 4 members (excludes halogenated alkanes) is 1. The van der Waals surface area contributed by atoms with Gasteiger partial charge in [-0.15, -0.1) is 0 Å². The van der Waals surface area contributed by atoms with E-state index >= 15 is 0 Å². The van der Waals surface area contributed by atoms with Gasteiger partial charge in [0.1, 0.15) is 5.82 Å². The summed E-state index contributed by atoms with van der Waals surface area (Å²) in [6, 6.07) is 8.33. The van der Waals surface area contributed by atoms with E-state index in [4.69, 9.17) is 4.98 Å². The fourth-order valence-electron chi connectivity index (χ4n) is 4.29. The molecular formula is C21H29N3OS2. The molecule has 2 aliphatic rings. The van der Waals surface area contributed by atoms with E-state index in [1.54, 1.807) is 0 Å². The van der Waals surface area contributed by atoms with E-state index in [9.17, 15) is 4.79 Å². The Morgan fingerprint density at radius 3 is 2.74 bits per heavy atom. The lowest BCUT2D eigenvalue weighted by Crippen LogP contribution is -2.38. The highest BCUT2D eigenvalue weighted by Gasteiger charge is 2.26. The number of aromatic nitrogens is 2. The quantitative estimate of drug-likeness (QED) is 0.503. The summed E-state index contributed by atoms with van der Waals surface area (Å²) in [7, 11) is 6.16. The summed E-state index contributed by atoms with van der Waals surface area (Å²) in [5.41, 5.74) is 2.28. The molecule has 1 atom stereocenters. The predicted octanol–water partition coefficient (Wildman–Crippen LogP) is 4.99. The molecule has 1 aromatic heterocycles. The summed E-state index contributed by atoms with van der Waals surface area (Å²) in [4.78, 5) is 19.5. The van der Waals surface area contributed by atoms with Crippen molar-refractivity contribution in [2.75, 3.05) is 18.8 Å². The molecule has 0 bridgehead atoms. The smallest absolute Gasteiger partial charge is 0.222 e. The van der Waals surface area contributed by atoms with Gasteiger partial charge in [-0.25, -0.2) is 4.98 Å². The molecule has 2 fully saturated rings. The highest BCUT2D eigenvalue weighted by molar-refractivity contribution is 8.77. The molecule has 4 rings (SSSR count). The van der Waals surface area contributed by atoms with Crippen molar-refractivity contribution in [1.29, 1.82) is 0 Å². The van der Waals surface area contributed by atoms with E-state index in [1.165, 1.54) is 36.4 Å². The highest BCUT2D eigenvalue weighted by Crippen LogP contribution is 2.40. The van der Waals surface area contributed by atoms with Crippen molar-refractivity contribution < 1.29 is 4.79 Å². The van der Waals surface area contributed by atoms with Crippen LogP contribution in [0.4, 0.5) is 0 Å². The third-order valence-corrected chi connectivity index (χ3v) is 8.94. The van der Waals surface area contributed by atoms with Gasteiger partial charge in [-0.3, -0.25) is 4.79 Å². The van der Waals surface area contributed by atoms with Crippen molar-refractivity contribution in [3.8, 4) is 0 Å². The molecule has 2 saturated heterocycles. The number of benzene rings is 1. The number of hydrogen-bond acceptors (Lipinski definition) is 4. The molecule has 1 amide bonds. The van der Waals surface area contributed by atoms with Gasteiger partial charge >= 0.3 is 0 Å². The summed E-state index contributed by atoms with van der Waals surface area (Å²) in [6.07, 6.45) is 7.64. The number of carbonyl (C=O) groups is 1. The molecule has 0 aliphatic carbocycles. The number of piperidine rings is 1. The molecule has 0 N–H and O–H groups in total. The molecule has 0 spiro atoms. The second kappa shape index (κ2) is 8.91. The van der Waals surface area contributed by atoms with Gasteiger partial charge in [0, 0.05) is 43.5 Å². The Hall–Kier alpha value is -1.14. The number of para-hydroxylation sites is 2. The lowest BCUT2D eigenvalue weighted by atomic mass is 9.95. The zero-order chi connectivity index (χ0) is 18.6. The first-order valence-corrected chi connectivity index (χ1v) is 12.6. The molecule has 2 aromatic rings. The monoisotopic (exact) mass is 403 g/mol. The van der Waals surface area contributed by atoms with Crippen molar-refractivity contribution in [1.82, 2.24) is 14.5 Å². The van der Waals surface area contributed by atoms with Crippen LogP contribution in [0.15, 0.2) is 24.3 Å². The molecule has 0 radical (unpaired) electrons. The molecule has 0 unspecified atom stereocenters. The number of hydrogen-bond donors (Lipinski definition) is 0. The molecule has 27 heavy (non-hydrogen) atoms. The number of rotatable bonds is 6. The molecule has 6 heteroatoms. The molecule has 0 saturated carbocycles. The van der Waals surface area contributed by atoms with Crippen LogP contribution in [0.5, 0.6) is 0 Å². The number of likely N-dealkylation sites (tertiary alicyclic amines) is 1. The van der Waals surface area contributed by atoms with E-state index in [1.807, 2.05) is 27.7 Å². The molecule has 1 aromatic carbocycles. The lowest BCUT2D eigenvalue weighted by Gasteiger charge is -2.31. The van der Waals surface area contributed by atoms with Crippen molar-refractivity contribution in [2.24, 2.45) is 7.05 Å². The topological polar surface area (TPSA) is 38.1 Å². The summed E-state index contributed by atoms with van der Waals surface area (Å²) in [6.45, 7) is 1.75. The van der Waals surface area contributed by atoms with Crippen LogP contribution in [0.2, 0.25) is 0 Å². The predicted molar refractivity (Wildman–Crippen MR) is 116 cm³/mol. The van der Waals surface area contributed by atoms with Crippen LogP contribution in [0.25, 0.3) is 11.0 Å². The Labute approximate surface area is 169 Å². The van der Waals surface area contributed by atoms with Gasteiger partial charge in [0.05, 0.1) is 11.0 Å². The van der Waals surface area contributed by atoms with Crippen LogP contribution < -0.4 is 0 Å². The van der Waals surface area contributed by atoms with Crippen molar-refractivity contribution in [3.05, 3.63) is 30.1 Å². The summed E-state index contributed by atoms with van der Waals surface area (Å²) < 4.78 is 2.23. The van der Waals surface area contributed by atoms with Gasteiger partial charge in [0.2, 0.25) is 5.91 Å². The van der Waals surface area contributed by atoms with Gasteiger partial charge < -0.3 is 9.47 Å². The Kier molecular flexibility index (Phi) is 6.33. The van der Waals surface area contributed by atoms with Crippen molar-refractivity contribution in [2.45, 2.75) is 56.1 Å². The average Bonchev–Trinajstić information content (AvgIpc) is 3.34. The molecule has 4 nitrogen and oxygen atoms in total. The van der Waals surface area contributed by atoms with E-state index in [-0.39, 0.29) is 0 Å². The molecule has 146 valence electrons. The summed E-state index contributed by atoms with van der Waals surface area (Å²) >= 11 is 0. The minimum absolute atomic E-state index is 0.354. The van der Waals surface area contributed by atoms with Crippen LogP contribution in [-0.4, -0.2) is 44.5 Å². The van der Waals surface area contributed by atoms with Gasteiger partial charge in [0.15, 0.2) is 0 Å². The zero-order valence-electron chi connectivity index (χ0n) is 16.1. The van der Waals surface area contributed by atoms with Gasteiger partial charge in [-0.1, -0.05) is 40.1 Å². The van der Waals surface area contributed by atoms with E-state index in [0.29, 0.717) is 11.8 Å². The minimum Gasteiger partial charge on any atom is -0.343 e. The highest BCUT2D eigenvalue weighted by atomic mass is 33.1. The number of amides is 1. The fourth-order valence-corrected chi connectivity index (χ4v) is 7.31. The Bertz CT molecular complexity index is 777. The minimum atomic E-state index is 0.354. The molecule has 2 aliphatic heterocycles. The van der Waals surface area contributed by atoms with Crippen molar-refractivity contribution in [3.63, 3.8) is 0 Å². The van der Waals surface area contributed by atoms with Crippen LogP contribution in [0, 0.1) is 0 Å². The summed E-state index contributed by atoms with van der Waals surface area (Å²) in [5, 5.41) is 0.828. The second-order valence-electron chi connectivity index (χ2n) is 7.75. The lowest BCUT2D eigenvalue weighted by molar-refractivity contribution is -0.132. The third kappa shape index (κ3) is 4.48. The van der Waals surface area contributed by atoms with E-state index in [0.717, 1.165) is 49.5 Å². The third-order valence-electron chi connectivity index (χ3n) is 5.93. The van der Waals surface area contributed by atoms with Crippen LogP contribution >= 0.6 is 21.6 Å². The van der Waals surface area contributed by atoms with Gasteiger partial charge in [-0.05, 0) is 44.2 Å². The molecular weight excluding hydrogens is 374 g/mol. The maximum atomic E-state index is 12.5. The van der Waals surface area contributed by atoms with Gasteiger partial charge in [0.25, 0.3) is 0 Å². The number of imidazole rings is 1. The molecule has 3 heterocycles. The SMILES string of the molecule is Cn1c(C2CCN(C(=O)CCCC[C@@H]3CCSS3)CC2)nc2ccccc21. The van der Waals surface area contributed by atoms with Gasteiger partial charge in [-0.2, -0.15) is 0 Å². The van der Waals surface area contributed by atoms with E-state index in [2.05, 4.69) is 34.7 Å². The number of nitrogens with zero attached hydrogens (tertiary/aromatic N) is 3. The zero-order valence-corrected chi connectivity index (χ0v) is 17.7. The maximum absolute atomic E-state index is 12.5. The normalized spacial score (nSPS) is 21.2. The number of carbonyl (C=O) groups excluding carboxylic acids is 1. The number of fused-ring (bicyclic) bond motifs is 1. The van der Waals surface area contributed by atoms with Crippen LogP contribution in [-0.2, 0) is 11.8 Å². The second-order valence-corrected chi connectivity index (χ2v) is 10.5. The van der Waals surface area contributed by atoms with Crippen LogP contribution in [0.3, 0.4) is 0 Å². The first kappa shape index (κ1) is 19.2. The average molecular weight is 404 g/mol. The first-order valence-electron chi connectivity index (χ1n) is 10.2. The summed E-state index contributed by atoms with van der Waals surface area (Å²) in [5.74, 6) is 3.29. The Balaban J connectivity index is 1.24. The van der Waals surface area contributed by atoms with Crippen LogP contribution in [0.1, 0.15) is 56.7 Å². The van der Waals surface area contributed by atoms with E-state index < -0.39 is 0 Å². The Morgan fingerprint density at radius 2 is 2.00 bits per heavy atom. The Morgan fingerprint density at radius 1 is 1.19 bits per heavy atom. The van der Waals surface area contributed by atoms with Crippen molar-refractivity contribution >= 4 is 38.5 Å². The maximum Gasteiger partial charge on any atom is 0.222 e.